The summed E-state index contributed by atoms with van der Waals surface area (Å²) >= 11 is 0. The van der Waals surface area contributed by atoms with E-state index >= 15 is 0 Å². The van der Waals surface area contributed by atoms with Gasteiger partial charge in [-0.05, 0) is 30.0 Å². The van der Waals surface area contributed by atoms with Crippen molar-refractivity contribution >= 4 is 11.8 Å². The third-order valence-corrected chi connectivity index (χ3v) is 3.81. The fourth-order valence-corrected chi connectivity index (χ4v) is 2.03. The number of benzene rings is 1. The molecule has 5 nitrogen and oxygen atoms in total. The van der Waals surface area contributed by atoms with Crippen LogP contribution in [-0.4, -0.2) is 31.0 Å². The molecule has 0 spiro atoms. The van der Waals surface area contributed by atoms with Gasteiger partial charge < -0.3 is 15.4 Å². The molecule has 0 aromatic heterocycles. The molecule has 1 rings (SSSR count). The molecule has 0 saturated carbocycles. The first-order valence-corrected chi connectivity index (χ1v) is 8.73. The minimum Gasteiger partial charge on any atom is -0.492 e. The van der Waals surface area contributed by atoms with Gasteiger partial charge in [0.2, 0.25) is 11.8 Å². The first kappa shape index (κ1) is 21.0. The highest BCUT2D eigenvalue weighted by molar-refractivity contribution is 5.89. The Morgan fingerprint density at radius 2 is 1.60 bits per heavy atom. The molecular formula is C20H32N2O3. The Morgan fingerprint density at radius 1 is 1.04 bits per heavy atom. The van der Waals surface area contributed by atoms with Crippen LogP contribution in [0.2, 0.25) is 0 Å². The normalized spacial score (nSPS) is 13.1. The van der Waals surface area contributed by atoms with Crippen LogP contribution in [0.15, 0.2) is 24.3 Å². The lowest BCUT2D eigenvalue weighted by Crippen LogP contribution is -2.48. The quantitative estimate of drug-likeness (QED) is 0.777. The number of hydrogen-bond acceptors (Lipinski definition) is 3. The highest BCUT2D eigenvalue weighted by Crippen LogP contribution is 2.24. The van der Waals surface area contributed by atoms with Crippen molar-refractivity contribution in [2.75, 3.05) is 13.2 Å². The zero-order chi connectivity index (χ0) is 19.3. The summed E-state index contributed by atoms with van der Waals surface area (Å²) in [6.07, 6.45) is 0. The average molecular weight is 348 g/mol. The van der Waals surface area contributed by atoms with Crippen molar-refractivity contribution in [2.24, 2.45) is 5.41 Å². The smallest absolute Gasteiger partial charge is 0.242 e. The van der Waals surface area contributed by atoms with Gasteiger partial charge in [0, 0.05) is 5.41 Å². The Bertz CT molecular complexity index is 580. The van der Waals surface area contributed by atoms with Gasteiger partial charge in [-0.3, -0.25) is 9.59 Å². The van der Waals surface area contributed by atoms with Crippen molar-refractivity contribution in [3.05, 3.63) is 29.8 Å². The van der Waals surface area contributed by atoms with E-state index in [-0.39, 0.29) is 17.2 Å². The molecule has 0 aliphatic carbocycles. The minimum absolute atomic E-state index is 0.111. The number of rotatable bonds is 6. The molecule has 1 aromatic carbocycles. The number of carbonyl (C=O) groups is 2. The van der Waals surface area contributed by atoms with Crippen LogP contribution < -0.4 is 15.4 Å². The lowest BCUT2D eigenvalue weighted by atomic mass is 9.87. The first-order valence-electron chi connectivity index (χ1n) is 8.73. The Hall–Kier alpha value is -2.04. The predicted octanol–water partition coefficient (Wildman–Crippen LogP) is 3.03. The molecule has 1 unspecified atom stereocenters. The van der Waals surface area contributed by atoms with Gasteiger partial charge in [-0.1, -0.05) is 53.7 Å². The zero-order valence-electron chi connectivity index (χ0n) is 16.5. The maximum Gasteiger partial charge on any atom is 0.242 e. The summed E-state index contributed by atoms with van der Waals surface area (Å²) in [7, 11) is 0. The van der Waals surface area contributed by atoms with Crippen LogP contribution in [0, 0.1) is 5.41 Å². The SMILES string of the molecule is CC(NC(=O)C(C)(C)C)C(=O)NCCOc1ccc(C(C)(C)C)cc1. The predicted molar refractivity (Wildman–Crippen MR) is 101 cm³/mol. The van der Waals surface area contributed by atoms with Gasteiger partial charge >= 0.3 is 0 Å². The van der Waals surface area contributed by atoms with Gasteiger partial charge in [0.25, 0.3) is 0 Å². The van der Waals surface area contributed by atoms with E-state index in [0.29, 0.717) is 13.2 Å². The van der Waals surface area contributed by atoms with Crippen LogP contribution >= 0.6 is 0 Å². The summed E-state index contributed by atoms with van der Waals surface area (Å²) in [4.78, 5) is 23.9. The van der Waals surface area contributed by atoms with Crippen LogP contribution in [0.25, 0.3) is 0 Å². The summed E-state index contributed by atoms with van der Waals surface area (Å²) < 4.78 is 5.64. The third-order valence-electron chi connectivity index (χ3n) is 3.81. The second-order valence-corrected chi connectivity index (χ2v) is 8.36. The van der Waals surface area contributed by atoms with E-state index in [4.69, 9.17) is 4.74 Å². The second kappa shape index (κ2) is 8.37. The monoisotopic (exact) mass is 348 g/mol. The van der Waals surface area contributed by atoms with Crippen LogP contribution in [0.1, 0.15) is 54.0 Å². The molecule has 2 amide bonds. The fourth-order valence-electron chi connectivity index (χ4n) is 2.03. The summed E-state index contributed by atoms with van der Waals surface area (Å²) in [5.41, 5.74) is 0.841. The number of carbonyl (C=O) groups excluding carboxylic acids is 2. The number of nitrogens with one attached hydrogen (secondary N) is 2. The number of amides is 2. The summed E-state index contributed by atoms with van der Waals surface area (Å²) in [6.45, 7) is 14.4. The fraction of sp³-hybridized carbons (Fsp3) is 0.600. The molecule has 140 valence electrons. The van der Waals surface area contributed by atoms with Crippen LogP contribution in [0.4, 0.5) is 0 Å². The molecule has 25 heavy (non-hydrogen) atoms. The average Bonchev–Trinajstić information content (AvgIpc) is 2.49. The van der Waals surface area contributed by atoms with Gasteiger partial charge in [-0.15, -0.1) is 0 Å². The molecule has 5 heteroatoms. The van der Waals surface area contributed by atoms with E-state index in [2.05, 4.69) is 43.5 Å². The van der Waals surface area contributed by atoms with E-state index in [9.17, 15) is 9.59 Å². The zero-order valence-corrected chi connectivity index (χ0v) is 16.5. The maximum atomic E-state index is 12.0. The molecule has 0 aliphatic rings. The maximum absolute atomic E-state index is 12.0. The van der Waals surface area contributed by atoms with Gasteiger partial charge in [0.05, 0.1) is 6.54 Å². The minimum atomic E-state index is -0.571. The Labute approximate surface area is 151 Å². The van der Waals surface area contributed by atoms with Crippen LogP contribution in [0.5, 0.6) is 5.75 Å². The molecule has 1 aromatic rings. The molecule has 1 atom stereocenters. The van der Waals surface area contributed by atoms with E-state index in [0.717, 1.165) is 5.75 Å². The largest absolute Gasteiger partial charge is 0.492 e. The van der Waals surface area contributed by atoms with Crippen LogP contribution in [0.3, 0.4) is 0 Å². The topological polar surface area (TPSA) is 67.4 Å². The van der Waals surface area contributed by atoms with Crippen molar-refractivity contribution in [2.45, 2.75) is 59.9 Å². The highest BCUT2D eigenvalue weighted by Gasteiger charge is 2.24. The molecule has 2 N–H and O–H groups in total. The van der Waals surface area contributed by atoms with Crippen molar-refractivity contribution in [1.82, 2.24) is 10.6 Å². The summed E-state index contributed by atoms with van der Waals surface area (Å²) in [5, 5.41) is 5.47. The van der Waals surface area contributed by atoms with Crippen molar-refractivity contribution in [1.29, 1.82) is 0 Å². The van der Waals surface area contributed by atoms with Crippen molar-refractivity contribution in [3.63, 3.8) is 0 Å². The van der Waals surface area contributed by atoms with Crippen LogP contribution in [-0.2, 0) is 15.0 Å². The molecule has 0 heterocycles. The van der Waals surface area contributed by atoms with Crippen molar-refractivity contribution in [3.8, 4) is 5.75 Å². The van der Waals surface area contributed by atoms with Gasteiger partial charge in [-0.25, -0.2) is 0 Å². The van der Waals surface area contributed by atoms with Crippen molar-refractivity contribution < 1.29 is 14.3 Å². The van der Waals surface area contributed by atoms with E-state index in [1.807, 2.05) is 32.9 Å². The Balaban J connectivity index is 2.35. The molecule has 0 aliphatic heterocycles. The lowest BCUT2D eigenvalue weighted by Gasteiger charge is -2.21. The molecule has 0 saturated heterocycles. The first-order chi connectivity index (χ1) is 11.4. The van der Waals surface area contributed by atoms with Gasteiger partial charge in [0.15, 0.2) is 0 Å². The van der Waals surface area contributed by atoms with Gasteiger partial charge in [0.1, 0.15) is 18.4 Å². The number of ether oxygens (including phenoxy) is 1. The van der Waals surface area contributed by atoms with E-state index < -0.39 is 11.5 Å². The third kappa shape index (κ3) is 7.16. The second-order valence-electron chi connectivity index (χ2n) is 8.36. The molecule has 0 bridgehead atoms. The number of hydrogen-bond donors (Lipinski definition) is 2. The molecule has 0 radical (unpaired) electrons. The standard InChI is InChI=1S/C20H32N2O3/c1-14(22-18(24)20(5,6)7)17(23)21-12-13-25-16-10-8-15(9-11-16)19(2,3)4/h8-11,14H,12-13H2,1-7H3,(H,21,23)(H,22,24). The Morgan fingerprint density at radius 3 is 2.08 bits per heavy atom. The highest BCUT2D eigenvalue weighted by atomic mass is 16.5. The van der Waals surface area contributed by atoms with E-state index in [1.54, 1.807) is 6.92 Å². The molecule has 0 fully saturated rings. The molecular weight excluding hydrogens is 316 g/mol. The van der Waals surface area contributed by atoms with Gasteiger partial charge in [-0.2, -0.15) is 0 Å². The Kier molecular flexibility index (Phi) is 7.03. The lowest BCUT2D eigenvalue weighted by molar-refractivity contribution is -0.133. The summed E-state index contributed by atoms with van der Waals surface area (Å²) in [5.74, 6) is 0.408. The van der Waals surface area contributed by atoms with E-state index in [1.165, 1.54) is 5.56 Å². The summed E-state index contributed by atoms with van der Waals surface area (Å²) in [6, 6.07) is 7.41.